The summed E-state index contributed by atoms with van der Waals surface area (Å²) in [7, 11) is 0. The molecule has 0 aliphatic heterocycles. The highest BCUT2D eigenvalue weighted by atomic mass is 35.5. The van der Waals surface area contributed by atoms with Crippen LogP contribution in [0.25, 0.3) is 10.4 Å². The van der Waals surface area contributed by atoms with Crippen LogP contribution in [-0.4, -0.2) is 32.5 Å². The predicted octanol–water partition coefficient (Wildman–Crippen LogP) is 5.69. The molecule has 0 spiro atoms. The van der Waals surface area contributed by atoms with Crippen molar-refractivity contribution in [1.82, 2.24) is 14.8 Å². The average Bonchev–Trinajstić information content (AvgIpc) is 3.41. The number of esters is 1. The summed E-state index contributed by atoms with van der Waals surface area (Å²) in [6, 6.07) is 19.2. The van der Waals surface area contributed by atoms with Gasteiger partial charge in [0.05, 0.1) is 18.7 Å². The van der Waals surface area contributed by atoms with E-state index in [1.165, 1.54) is 11.3 Å². The summed E-state index contributed by atoms with van der Waals surface area (Å²) in [5.74, 6) is -0.0720. The Balaban J connectivity index is 1.47. The number of hydrogen-bond donors (Lipinski definition) is 2. The molecule has 0 aliphatic carbocycles. The lowest BCUT2D eigenvalue weighted by molar-refractivity contribution is 0.0528. The molecular formula is C23H20ClN5O2S2. The van der Waals surface area contributed by atoms with Crippen molar-refractivity contribution in [2.75, 3.05) is 17.2 Å². The predicted molar refractivity (Wildman–Crippen MR) is 136 cm³/mol. The van der Waals surface area contributed by atoms with Crippen LogP contribution in [0.4, 0.5) is 10.9 Å². The summed E-state index contributed by atoms with van der Waals surface area (Å²) in [6.07, 6.45) is 1.61. The molecule has 4 rings (SSSR count). The minimum Gasteiger partial charge on any atom is -0.462 e. The quantitative estimate of drug-likeness (QED) is 0.250. The van der Waals surface area contributed by atoms with Crippen LogP contribution < -0.4 is 10.6 Å². The van der Waals surface area contributed by atoms with Gasteiger partial charge in [-0.3, -0.25) is 5.32 Å². The fraction of sp³-hybridized carbons (Fsp3) is 0.130. The van der Waals surface area contributed by atoms with E-state index in [2.05, 4.69) is 20.7 Å². The molecule has 2 heterocycles. The maximum Gasteiger partial charge on any atom is 0.341 e. The molecule has 0 fully saturated rings. The van der Waals surface area contributed by atoms with Gasteiger partial charge in [-0.05, 0) is 48.5 Å². The molecule has 0 atom stereocenters. The van der Waals surface area contributed by atoms with Crippen LogP contribution in [0.15, 0.2) is 67.0 Å². The summed E-state index contributed by atoms with van der Waals surface area (Å²) >= 11 is 12.9. The third-order valence-corrected chi connectivity index (χ3v) is 6.05. The summed E-state index contributed by atoms with van der Waals surface area (Å²) in [5, 5.41) is 12.0. The normalized spacial score (nSPS) is 10.6. The van der Waals surface area contributed by atoms with E-state index in [4.69, 9.17) is 28.6 Å². The maximum atomic E-state index is 12.5. The van der Waals surface area contributed by atoms with Crippen molar-refractivity contribution in [2.24, 2.45) is 0 Å². The molecule has 2 aromatic heterocycles. The first kappa shape index (κ1) is 22.9. The molecule has 33 heavy (non-hydrogen) atoms. The fourth-order valence-electron chi connectivity index (χ4n) is 3.08. The molecule has 168 valence electrons. The number of thiophene rings is 1. The van der Waals surface area contributed by atoms with Crippen LogP contribution in [0.3, 0.4) is 0 Å². The van der Waals surface area contributed by atoms with E-state index in [9.17, 15) is 4.79 Å². The third-order valence-electron chi connectivity index (χ3n) is 4.51. The highest BCUT2D eigenvalue weighted by molar-refractivity contribution is 7.80. The largest absolute Gasteiger partial charge is 0.462 e. The van der Waals surface area contributed by atoms with Crippen LogP contribution >= 0.6 is 35.2 Å². The van der Waals surface area contributed by atoms with Crippen LogP contribution in [0, 0.1) is 0 Å². The average molecular weight is 498 g/mol. The fourth-order valence-corrected chi connectivity index (χ4v) is 4.60. The molecule has 2 N–H and O–H groups in total. The third kappa shape index (κ3) is 5.95. The van der Waals surface area contributed by atoms with Gasteiger partial charge in [0.2, 0.25) is 5.95 Å². The van der Waals surface area contributed by atoms with Gasteiger partial charge in [0, 0.05) is 9.90 Å². The van der Waals surface area contributed by atoms with E-state index in [1.54, 1.807) is 24.0 Å². The SMILES string of the molecule is CCOC(=O)c1cc(-c2ccccc2)sc1NC(=S)Nc1ncn(Cc2cccc(Cl)c2)n1. The number of thiocarbonyl (C=S) groups is 1. The standard InChI is InChI=1S/C23H20ClN5O2S2/c1-2-31-21(30)18-12-19(16-8-4-3-5-9-16)33-20(18)26-23(32)27-22-25-14-29(28-22)13-15-7-6-10-17(24)11-15/h3-12,14H,2,13H2,1H3,(H2,26,27,28,32). The van der Waals surface area contributed by atoms with Crippen molar-refractivity contribution < 1.29 is 9.53 Å². The molecule has 0 unspecified atom stereocenters. The highest BCUT2D eigenvalue weighted by Gasteiger charge is 2.19. The van der Waals surface area contributed by atoms with E-state index in [-0.39, 0.29) is 11.7 Å². The topological polar surface area (TPSA) is 81.1 Å². The summed E-state index contributed by atoms with van der Waals surface area (Å²) in [4.78, 5) is 17.7. The molecule has 0 bridgehead atoms. The Labute approximate surface area is 205 Å². The number of carbonyl (C=O) groups excluding carboxylic acids is 1. The van der Waals surface area contributed by atoms with Gasteiger partial charge in [-0.2, -0.15) is 0 Å². The lowest BCUT2D eigenvalue weighted by atomic mass is 10.1. The smallest absolute Gasteiger partial charge is 0.341 e. The summed E-state index contributed by atoms with van der Waals surface area (Å²) < 4.78 is 6.89. The summed E-state index contributed by atoms with van der Waals surface area (Å²) in [5.41, 5.74) is 2.43. The second-order valence-corrected chi connectivity index (χ2v) is 8.81. The molecule has 10 heteroatoms. The molecule has 4 aromatic rings. The monoisotopic (exact) mass is 497 g/mol. The van der Waals surface area contributed by atoms with Gasteiger partial charge in [-0.25, -0.2) is 14.5 Å². The van der Waals surface area contributed by atoms with Crippen molar-refractivity contribution in [1.29, 1.82) is 0 Å². The molecule has 0 saturated heterocycles. The number of anilines is 2. The minimum atomic E-state index is -0.412. The van der Waals surface area contributed by atoms with E-state index in [1.807, 2.05) is 54.6 Å². The molecular weight excluding hydrogens is 478 g/mol. The zero-order valence-electron chi connectivity index (χ0n) is 17.6. The molecule has 0 saturated carbocycles. The maximum absolute atomic E-state index is 12.5. The van der Waals surface area contributed by atoms with Crippen molar-refractivity contribution in [3.63, 3.8) is 0 Å². The first-order valence-electron chi connectivity index (χ1n) is 10.1. The van der Waals surface area contributed by atoms with Gasteiger partial charge in [0.15, 0.2) is 5.11 Å². The lowest BCUT2D eigenvalue weighted by Crippen LogP contribution is -2.21. The minimum absolute atomic E-state index is 0.266. The molecule has 0 amide bonds. The summed E-state index contributed by atoms with van der Waals surface area (Å²) in [6.45, 7) is 2.58. The Morgan fingerprint density at radius 3 is 2.73 bits per heavy atom. The van der Waals surface area contributed by atoms with Gasteiger partial charge in [-0.1, -0.05) is 54.1 Å². The number of rotatable bonds is 7. The van der Waals surface area contributed by atoms with Crippen molar-refractivity contribution in [2.45, 2.75) is 13.5 Å². The van der Waals surface area contributed by atoms with Crippen LogP contribution in [0.1, 0.15) is 22.8 Å². The Morgan fingerprint density at radius 1 is 1.15 bits per heavy atom. The van der Waals surface area contributed by atoms with E-state index >= 15 is 0 Å². The van der Waals surface area contributed by atoms with E-state index < -0.39 is 5.97 Å². The first-order chi connectivity index (χ1) is 16.0. The van der Waals surface area contributed by atoms with Crippen molar-refractivity contribution in [3.8, 4) is 10.4 Å². The van der Waals surface area contributed by atoms with Crippen LogP contribution in [0.5, 0.6) is 0 Å². The molecule has 0 radical (unpaired) electrons. The second-order valence-electron chi connectivity index (χ2n) is 6.91. The Bertz CT molecular complexity index is 1270. The molecule has 7 nitrogen and oxygen atoms in total. The molecule has 2 aromatic carbocycles. The number of nitrogens with zero attached hydrogens (tertiary/aromatic N) is 3. The number of hydrogen-bond acceptors (Lipinski definition) is 6. The van der Waals surface area contributed by atoms with Crippen molar-refractivity contribution in [3.05, 3.63) is 83.1 Å². The molecule has 0 aliphatic rings. The van der Waals surface area contributed by atoms with Gasteiger partial charge >= 0.3 is 5.97 Å². The van der Waals surface area contributed by atoms with Crippen LogP contribution in [0.2, 0.25) is 5.02 Å². The number of benzene rings is 2. The second kappa shape index (κ2) is 10.6. The van der Waals surface area contributed by atoms with Gasteiger partial charge in [0.1, 0.15) is 11.3 Å². The lowest BCUT2D eigenvalue weighted by Gasteiger charge is -2.08. The Hall–Kier alpha value is -3.27. The van der Waals surface area contributed by atoms with Crippen LogP contribution in [-0.2, 0) is 11.3 Å². The number of nitrogens with one attached hydrogen (secondary N) is 2. The number of halogens is 1. The number of aromatic nitrogens is 3. The first-order valence-corrected chi connectivity index (χ1v) is 11.7. The number of ether oxygens (including phenoxy) is 1. The Morgan fingerprint density at radius 2 is 1.97 bits per heavy atom. The van der Waals surface area contributed by atoms with E-state index in [0.717, 1.165) is 16.0 Å². The van der Waals surface area contributed by atoms with E-state index in [0.29, 0.717) is 28.1 Å². The van der Waals surface area contributed by atoms with Gasteiger partial charge in [-0.15, -0.1) is 16.4 Å². The van der Waals surface area contributed by atoms with Gasteiger partial charge < -0.3 is 10.1 Å². The van der Waals surface area contributed by atoms with Crippen molar-refractivity contribution >= 4 is 57.2 Å². The zero-order chi connectivity index (χ0) is 23.2. The number of carbonyl (C=O) groups is 1. The highest BCUT2D eigenvalue weighted by Crippen LogP contribution is 2.36. The van der Waals surface area contributed by atoms with Gasteiger partial charge in [0.25, 0.3) is 0 Å². The zero-order valence-corrected chi connectivity index (χ0v) is 20.0. The Kier molecular flexibility index (Phi) is 7.33.